The molecule has 1 unspecified atom stereocenters. The topological polar surface area (TPSA) is 65.0 Å². The molecule has 1 N–H and O–H groups in total. The summed E-state index contributed by atoms with van der Waals surface area (Å²) >= 11 is 0. The number of nitrogens with zero attached hydrogens (tertiary/aromatic N) is 2. The summed E-state index contributed by atoms with van der Waals surface area (Å²) in [4.78, 5) is 15.2. The van der Waals surface area contributed by atoms with Crippen LogP contribution in [0.15, 0.2) is 60.8 Å². The van der Waals surface area contributed by atoms with Crippen molar-refractivity contribution >= 4 is 11.7 Å². The van der Waals surface area contributed by atoms with Crippen LogP contribution in [0.3, 0.4) is 0 Å². The van der Waals surface area contributed by atoms with Gasteiger partial charge in [0, 0.05) is 42.3 Å². The van der Waals surface area contributed by atoms with Crippen LogP contribution in [0.25, 0.3) is 0 Å². The average Bonchev–Trinajstić information content (AvgIpc) is 3.28. The van der Waals surface area contributed by atoms with Gasteiger partial charge in [-0.05, 0) is 55.5 Å². The number of fused-ring (bicyclic) bond motifs is 1. The number of rotatable bonds is 6. The number of anilines is 1. The minimum absolute atomic E-state index is 0.167. The second kappa shape index (κ2) is 9.04. The summed E-state index contributed by atoms with van der Waals surface area (Å²) in [6.07, 6.45) is 2.04. The largest absolute Gasteiger partial charge is 0.497 e. The van der Waals surface area contributed by atoms with Gasteiger partial charge in [-0.2, -0.15) is 0 Å². The predicted octanol–water partition coefficient (Wildman–Crippen LogP) is 4.54. The number of methoxy groups -OCH3 is 2. The first-order chi connectivity index (χ1) is 15.1. The molecular formula is C24H27N3O4. The summed E-state index contributed by atoms with van der Waals surface area (Å²) in [6.45, 7) is 3.85. The zero-order chi connectivity index (χ0) is 21.8. The quantitative estimate of drug-likeness (QED) is 0.635. The van der Waals surface area contributed by atoms with E-state index in [-0.39, 0.29) is 12.1 Å². The molecule has 7 heteroatoms. The highest BCUT2D eigenvalue weighted by Crippen LogP contribution is 2.39. The van der Waals surface area contributed by atoms with E-state index in [0.717, 1.165) is 29.2 Å². The van der Waals surface area contributed by atoms with Crippen LogP contribution in [-0.4, -0.2) is 42.9 Å². The molecular weight excluding hydrogens is 394 g/mol. The highest BCUT2D eigenvalue weighted by atomic mass is 16.5. The van der Waals surface area contributed by atoms with Gasteiger partial charge in [0.25, 0.3) is 0 Å². The molecule has 2 heterocycles. The lowest BCUT2D eigenvalue weighted by molar-refractivity contribution is 0.180. The molecule has 2 amide bonds. The molecule has 0 radical (unpaired) electrons. The number of benzene rings is 2. The van der Waals surface area contributed by atoms with Crippen molar-refractivity contribution in [2.24, 2.45) is 0 Å². The van der Waals surface area contributed by atoms with E-state index in [9.17, 15) is 4.79 Å². The Hall–Kier alpha value is -3.61. The van der Waals surface area contributed by atoms with Gasteiger partial charge >= 0.3 is 6.03 Å². The van der Waals surface area contributed by atoms with Crippen molar-refractivity contribution in [3.05, 3.63) is 72.1 Å². The zero-order valence-electron chi connectivity index (χ0n) is 18.0. The van der Waals surface area contributed by atoms with Crippen LogP contribution in [-0.2, 0) is 6.54 Å². The SMILES string of the molecule is CCOc1ccc(NC(=O)N2CCn3cccc3C2c2ccc(OC)cc2OC)cc1. The second-order valence-electron chi connectivity index (χ2n) is 7.22. The molecule has 3 aromatic rings. The molecule has 31 heavy (non-hydrogen) atoms. The normalized spacial score (nSPS) is 15.2. The van der Waals surface area contributed by atoms with Crippen molar-refractivity contribution in [3.8, 4) is 17.2 Å². The summed E-state index contributed by atoms with van der Waals surface area (Å²) in [5.74, 6) is 2.16. The van der Waals surface area contributed by atoms with Gasteiger partial charge in [-0.15, -0.1) is 0 Å². The molecule has 7 nitrogen and oxygen atoms in total. The first-order valence-electron chi connectivity index (χ1n) is 10.3. The van der Waals surface area contributed by atoms with Gasteiger partial charge in [0.05, 0.1) is 20.8 Å². The van der Waals surface area contributed by atoms with Crippen molar-refractivity contribution < 1.29 is 19.0 Å². The van der Waals surface area contributed by atoms with E-state index in [1.54, 1.807) is 14.2 Å². The van der Waals surface area contributed by atoms with Gasteiger partial charge in [0.2, 0.25) is 0 Å². The minimum atomic E-state index is -0.285. The van der Waals surface area contributed by atoms with Crippen LogP contribution in [0.2, 0.25) is 0 Å². The number of amides is 2. The summed E-state index contributed by atoms with van der Waals surface area (Å²) in [5.41, 5.74) is 2.66. The summed E-state index contributed by atoms with van der Waals surface area (Å²) in [5, 5.41) is 3.02. The molecule has 1 aliphatic heterocycles. The molecule has 0 bridgehead atoms. The van der Waals surface area contributed by atoms with Crippen molar-refractivity contribution in [2.75, 3.05) is 32.7 Å². The molecule has 2 aromatic carbocycles. The molecule has 0 fully saturated rings. The molecule has 0 aliphatic carbocycles. The monoisotopic (exact) mass is 421 g/mol. The fourth-order valence-electron chi connectivity index (χ4n) is 3.97. The second-order valence-corrected chi connectivity index (χ2v) is 7.22. The zero-order valence-corrected chi connectivity index (χ0v) is 18.0. The van der Waals surface area contributed by atoms with E-state index in [1.165, 1.54) is 0 Å². The lowest BCUT2D eigenvalue weighted by atomic mass is 9.99. The van der Waals surface area contributed by atoms with Gasteiger partial charge < -0.3 is 29.0 Å². The lowest BCUT2D eigenvalue weighted by Gasteiger charge is -2.37. The van der Waals surface area contributed by atoms with Gasteiger partial charge in [-0.1, -0.05) is 0 Å². The number of nitrogens with one attached hydrogen (secondary N) is 1. The standard InChI is InChI=1S/C24H27N3O4/c1-4-31-18-9-7-17(8-10-18)25-24(28)27-15-14-26-13-5-6-21(26)23(27)20-12-11-19(29-2)16-22(20)30-3/h5-13,16,23H,4,14-15H2,1-3H3,(H,25,28). The third-order valence-corrected chi connectivity index (χ3v) is 5.45. The third kappa shape index (κ3) is 4.17. The fourth-order valence-corrected chi connectivity index (χ4v) is 3.97. The molecule has 162 valence electrons. The Morgan fingerprint density at radius 2 is 1.81 bits per heavy atom. The Bertz CT molecular complexity index is 1050. The van der Waals surface area contributed by atoms with Gasteiger partial charge in [0.15, 0.2) is 0 Å². The summed E-state index contributed by atoms with van der Waals surface area (Å²) in [7, 11) is 3.25. The number of ether oxygens (including phenoxy) is 3. The highest BCUT2D eigenvalue weighted by molar-refractivity contribution is 5.90. The first-order valence-corrected chi connectivity index (χ1v) is 10.3. The van der Waals surface area contributed by atoms with Gasteiger partial charge in [-0.25, -0.2) is 4.79 Å². The highest BCUT2D eigenvalue weighted by Gasteiger charge is 2.34. The van der Waals surface area contributed by atoms with Crippen molar-refractivity contribution in [3.63, 3.8) is 0 Å². The number of urea groups is 1. The predicted molar refractivity (Wildman–Crippen MR) is 119 cm³/mol. The van der Waals surface area contributed by atoms with Crippen molar-refractivity contribution in [1.29, 1.82) is 0 Å². The molecule has 1 aromatic heterocycles. The van der Waals surface area contributed by atoms with Crippen molar-refractivity contribution in [2.45, 2.75) is 19.5 Å². The number of carbonyl (C=O) groups is 1. The van der Waals surface area contributed by atoms with E-state index >= 15 is 0 Å². The molecule has 0 saturated heterocycles. The fraction of sp³-hybridized carbons (Fsp3) is 0.292. The van der Waals surface area contributed by atoms with Crippen LogP contribution in [0.5, 0.6) is 17.2 Å². The number of aromatic nitrogens is 1. The molecule has 0 spiro atoms. The maximum Gasteiger partial charge on any atom is 0.322 e. The van der Waals surface area contributed by atoms with Crippen LogP contribution in [0.1, 0.15) is 24.2 Å². The van der Waals surface area contributed by atoms with E-state index in [0.29, 0.717) is 24.7 Å². The third-order valence-electron chi connectivity index (χ3n) is 5.45. The summed E-state index contributed by atoms with van der Waals surface area (Å²) in [6, 6.07) is 16.7. The van der Waals surface area contributed by atoms with Gasteiger partial charge in [0.1, 0.15) is 23.3 Å². The summed E-state index contributed by atoms with van der Waals surface area (Å²) < 4.78 is 18.7. The molecule has 1 atom stereocenters. The number of hydrogen-bond acceptors (Lipinski definition) is 4. The van der Waals surface area contributed by atoms with Crippen LogP contribution in [0, 0.1) is 0 Å². The van der Waals surface area contributed by atoms with Crippen molar-refractivity contribution in [1.82, 2.24) is 9.47 Å². The van der Waals surface area contributed by atoms with Crippen LogP contribution in [0.4, 0.5) is 10.5 Å². The molecule has 1 aliphatic rings. The Morgan fingerprint density at radius 3 is 2.52 bits per heavy atom. The minimum Gasteiger partial charge on any atom is -0.497 e. The Labute approximate surface area is 182 Å². The van der Waals surface area contributed by atoms with E-state index in [4.69, 9.17) is 14.2 Å². The van der Waals surface area contributed by atoms with E-state index in [2.05, 4.69) is 9.88 Å². The molecule has 0 saturated carbocycles. The van der Waals surface area contributed by atoms with E-state index in [1.807, 2.05) is 72.6 Å². The smallest absolute Gasteiger partial charge is 0.322 e. The Balaban J connectivity index is 1.65. The Morgan fingerprint density at radius 1 is 1.03 bits per heavy atom. The number of hydrogen-bond donors (Lipinski definition) is 1. The Kier molecular flexibility index (Phi) is 6.02. The van der Waals surface area contributed by atoms with E-state index < -0.39 is 0 Å². The number of carbonyl (C=O) groups excluding carboxylic acids is 1. The lowest BCUT2D eigenvalue weighted by Crippen LogP contribution is -2.44. The maximum atomic E-state index is 13.3. The molecule has 4 rings (SSSR count). The van der Waals surface area contributed by atoms with Crippen LogP contribution < -0.4 is 19.5 Å². The average molecular weight is 421 g/mol. The van der Waals surface area contributed by atoms with Gasteiger partial charge in [-0.3, -0.25) is 0 Å². The maximum absolute atomic E-state index is 13.3. The van der Waals surface area contributed by atoms with Crippen LogP contribution >= 0.6 is 0 Å². The first kappa shape index (κ1) is 20.7.